The van der Waals surface area contributed by atoms with E-state index in [1.54, 1.807) is 4.90 Å². The highest BCUT2D eigenvalue weighted by molar-refractivity contribution is 5.67. The Kier molecular flexibility index (Phi) is 3.98. The van der Waals surface area contributed by atoms with Crippen LogP contribution in [0.25, 0.3) is 0 Å². The second-order valence-electron chi connectivity index (χ2n) is 3.02. The van der Waals surface area contributed by atoms with E-state index >= 15 is 0 Å². The largest absolute Gasteiger partial charge is 0.453 e. The summed E-state index contributed by atoms with van der Waals surface area (Å²) in [5.41, 5.74) is 0. The monoisotopic (exact) mass is 188 g/mol. The molecule has 5 heteroatoms. The van der Waals surface area contributed by atoms with Crippen molar-refractivity contribution in [3.8, 4) is 0 Å². The van der Waals surface area contributed by atoms with Crippen LogP contribution in [0.1, 0.15) is 0 Å². The van der Waals surface area contributed by atoms with E-state index in [1.807, 2.05) is 0 Å². The van der Waals surface area contributed by atoms with E-state index in [2.05, 4.69) is 9.64 Å². The van der Waals surface area contributed by atoms with Crippen molar-refractivity contribution in [3.05, 3.63) is 0 Å². The van der Waals surface area contributed by atoms with E-state index in [9.17, 15) is 4.79 Å². The molecule has 0 atom stereocenters. The molecule has 13 heavy (non-hydrogen) atoms. The fraction of sp³-hybridized carbons (Fsp3) is 0.875. The summed E-state index contributed by atoms with van der Waals surface area (Å²) in [5.74, 6) is 0. The standard InChI is InChI=1S/C8H16N2O3/c1-13-8(12)10-4-2-9(3-5-10)6-7-11/h11H,2-7H2,1H3. The molecule has 0 spiro atoms. The van der Waals surface area contributed by atoms with Crippen molar-refractivity contribution in [3.63, 3.8) is 0 Å². The van der Waals surface area contributed by atoms with Gasteiger partial charge in [-0.2, -0.15) is 0 Å². The maximum atomic E-state index is 11.1. The lowest BCUT2D eigenvalue weighted by Crippen LogP contribution is -2.49. The Morgan fingerprint density at radius 3 is 2.46 bits per heavy atom. The SMILES string of the molecule is COC(=O)N1CCN(CCO)CC1. The van der Waals surface area contributed by atoms with Crippen molar-refractivity contribution in [2.75, 3.05) is 46.4 Å². The van der Waals surface area contributed by atoms with Gasteiger partial charge < -0.3 is 14.7 Å². The summed E-state index contributed by atoms with van der Waals surface area (Å²) in [6.07, 6.45) is -0.261. The van der Waals surface area contributed by atoms with E-state index in [0.717, 1.165) is 13.1 Å². The van der Waals surface area contributed by atoms with Gasteiger partial charge in [0.25, 0.3) is 0 Å². The van der Waals surface area contributed by atoms with Gasteiger partial charge in [-0.05, 0) is 0 Å². The molecule has 0 aromatic carbocycles. The number of β-amino-alcohol motifs (C(OH)–C–C–N with tert-alkyl or cyclic N) is 1. The lowest BCUT2D eigenvalue weighted by atomic mass is 10.3. The van der Waals surface area contributed by atoms with Gasteiger partial charge in [0.1, 0.15) is 0 Å². The molecule has 1 N–H and O–H groups in total. The van der Waals surface area contributed by atoms with Crippen molar-refractivity contribution >= 4 is 6.09 Å². The molecule has 76 valence electrons. The molecule has 1 rings (SSSR count). The Morgan fingerprint density at radius 1 is 1.38 bits per heavy atom. The molecule has 1 saturated heterocycles. The number of carbonyl (C=O) groups is 1. The first-order valence-corrected chi connectivity index (χ1v) is 4.44. The van der Waals surface area contributed by atoms with Crippen molar-refractivity contribution in [1.29, 1.82) is 0 Å². The van der Waals surface area contributed by atoms with E-state index in [0.29, 0.717) is 19.6 Å². The number of rotatable bonds is 2. The lowest BCUT2D eigenvalue weighted by molar-refractivity contribution is 0.0844. The first-order chi connectivity index (χ1) is 6.27. The summed E-state index contributed by atoms with van der Waals surface area (Å²) in [6.45, 7) is 3.87. The average Bonchev–Trinajstić information content (AvgIpc) is 2.18. The van der Waals surface area contributed by atoms with Crippen LogP contribution in [0.4, 0.5) is 4.79 Å². The van der Waals surface area contributed by atoms with Gasteiger partial charge in [0.2, 0.25) is 0 Å². The topological polar surface area (TPSA) is 53.0 Å². The minimum atomic E-state index is -0.261. The number of piperazine rings is 1. The third kappa shape index (κ3) is 2.86. The fourth-order valence-corrected chi connectivity index (χ4v) is 1.42. The first-order valence-electron chi connectivity index (χ1n) is 4.44. The van der Waals surface area contributed by atoms with Gasteiger partial charge in [-0.25, -0.2) is 4.79 Å². The summed E-state index contributed by atoms with van der Waals surface area (Å²) < 4.78 is 4.60. The second-order valence-corrected chi connectivity index (χ2v) is 3.02. The summed E-state index contributed by atoms with van der Waals surface area (Å²) >= 11 is 0. The molecule has 1 aliphatic heterocycles. The highest BCUT2D eigenvalue weighted by Gasteiger charge is 2.20. The van der Waals surface area contributed by atoms with Crippen molar-refractivity contribution in [1.82, 2.24) is 9.80 Å². The van der Waals surface area contributed by atoms with Crippen LogP contribution < -0.4 is 0 Å². The van der Waals surface area contributed by atoms with Crippen LogP contribution >= 0.6 is 0 Å². The molecule has 1 fully saturated rings. The Hall–Kier alpha value is -0.810. The zero-order valence-electron chi connectivity index (χ0n) is 7.90. The molecule has 1 aliphatic rings. The number of nitrogens with zero attached hydrogens (tertiary/aromatic N) is 2. The second kappa shape index (κ2) is 5.04. The van der Waals surface area contributed by atoms with Gasteiger partial charge >= 0.3 is 6.09 Å². The molecule has 0 aliphatic carbocycles. The third-order valence-corrected chi connectivity index (χ3v) is 2.22. The minimum absolute atomic E-state index is 0.179. The zero-order chi connectivity index (χ0) is 9.68. The molecule has 0 radical (unpaired) electrons. The Bertz CT molecular complexity index is 167. The van der Waals surface area contributed by atoms with Crippen molar-refractivity contribution < 1.29 is 14.6 Å². The molecule has 0 unspecified atom stereocenters. The summed E-state index contributed by atoms with van der Waals surface area (Å²) in [6, 6.07) is 0. The molecule has 1 heterocycles. The van der Waals surface area contributed by atoms with Gasteiger partial charge in [0.05, 0.1) is 13.7 Å². The number of carbonyl (C=O) groups excluding carboxylic acids is 1. The molecule has 0 aromatic rings. The van der Waals surface area contributed by atoms with Crippen LogP contribution in [0.5, 0.6) is 0 Å². The Labute approximate surface area is 77.9 Å². The Morgan fingerprint density at radius 2 is 2.00 bits per heavy atom. The summed E-state index contributed by atoms with van der Waals surface area (Å²) in [7, 11) is 1.39. The van der Waals surface area contributed by atoms with Crippen LogP contribution in [0.15, 0.2) is 0 Å². The normalized spacial score (nSPS) is 18.8. The number of aliphatic hydroxyl groups excluding tert-OH is 1. The molecule has 0 bridgehead atoms. The number of methoxy groups -OCH3 is 1. The molecular weight excluding hydrogens is 172 g/mol. The average molecular weight is 188 g/mol. The third-order valence-electron chi connectivity index (χ3n) is 2.22. The number of ether oxygens (including phenoxy) is 1. The summed E-state index contributed by atoms with van der Waals surface area (Å²) in [5, 5.41) is 8.69. The molecular formula is C8H16N2O3. The summed E-state index contributed by atoms with van der Waals surface area (Å²) in [4.78, 5) is 14.9. The number of hydrogen-bond donors (Lipinski definition) is 1. The highest BCUT2D eigenvalue weighted by atomic mass is 16.5. The molecule has 0 saturated carbocycles. The van der Waals surface area contributed by atoms with Crippen LogP contribution in [0.2, 0.25) is 0 Å². The van der Waals surface area contributed by atoms with Gasteiger partial charge in [-0.1, -0.05) is 0 Å². The highest BCUT2D eigenvalue weighted by Crippen LogP contribution is 2.02. The number of hydrogen-bond acceptors (Lipinski definition) is 4. The number of amides is 1. The van der Waals surface area contributed by atoms with E-state index in [-0.39, 0.29) is 12.7 Å². The first kappa shape index (κ1) is 10.3. The maximum Gasteiger partial charge on any atom is 0.409 e. The van der Waals surface area contributed by atoms with Crippen LogP contribution in [0, 0.1) is 0 Å². The van der Waals surface area contributed by atoms with E-state index in [1.165, 1.54) is 7.11 Å². The maximum absolute atomic E-state index is 11.1. The van der Waals surface area contributed by atoms with E-state index in [4.69, 9.17) is 5.11 Å². The van der Waals surface area contributed by atoms with Crippen LogP contribution in [-0.2, 0) is 4.74 Å². The predicted molar refractivity (Wildman–Crippen MR) is 47.5 cm³/mol. The van der Waals surface area contributed by atoms with Gasteiger partial charge in [0, 0.05) is 32.7 Å². The van der Waals surface area contributed by atoms with Gasteiger partial charge in [-0.15, -0.1) is 0 Å². The molecule has 5 nitrogen and oxygen atoms in total. The van der Waals surface area contributed by atoms with Crippen molar-refractivity contribution in [2.24, 2.45) is 0 Å². The Balaban J connectivity index is 2.26. The predicted octanol–water partition coefficient (Wildman–Crippen LogP) is -0.637. The number of aliphatic hydroxyl groups is 1. The fourth-order valence-electron chi connectivity index (χ4n) is 1.42. The van der Waals surface area contributed by atoms with Crippen LogP contribution in [-0.4, -0.2) is 67.4 Å². The van der Waals surface area contributed by atoms with Crippen LogP contribution in [0.3, 0.4) is 0 Å². The smallest absolute Gasteiger partial charge is 0.409 e. The molecule has 1 amide bonds. The lowest BCUT2D eigenvalue weighted by Gasteiger charge is -2.33. The van der Waals surface area contributed by atoms with Gasteiger partial charge in [0.15, 0.2) is 0 Å². The minimum Gasteiger partial charge on any atom is -0.453 e. The van der Waals surface area contributed by atoms with Gasteiger partial charge in [-0.3, -0.25) is 4.90 Å². The van der Waals surface area contributed by atoms with E-state index < -0.39 is 0 Å². The quantitative estimate of drug-likeness (QED) is 0.626. The zero-order valence-corrected chi connectivity index (χ0v) is 7.90. The van der Waals surface area contributed by atoms with Crippen molar-refractivity contribution in [2.45, 2.75) is 0 Å². The molecule has 0 aromatic heterocycles.